The molecule has 0 radical (unpaired) electrons. The van der Waals surface area contributed by atoms with Gasteiger partial charge in [0.1, 0.15) is 0 Å². The fourth-order valence-electron chi connectivity index (χ4n) is 1.14. The zero-order valence-electron chi connectivity index (χ0n) is 10.6. The van der Waals surface area contributed by atoms with Crippen LogP contribution in [0.15, 0.2) is 0 Å². The third kappa shape index (κ3) is 18.6. The van der Waals surface area contributed by atoms with Gasteiger partial charge in [0.25, 0.3) is 0 Å². The molecule has 0 saturated carbocycles. The Balaban J connectivity index is 0. The van der Waals surface area contributed by atoms with Crippen LogP contribution in [0, 0.1) is 0 Å². The molecule has 0 bridgehead atoms. The minimum absolute atomic E-state index is 0.384. The van der Waals surface area contributed by atoms with Gasteiger partial charge in [0.2, 0.25) is 8.37 Å². The van der Waals surface area contributed by atoms with Gasteiger partial charge in [-0.15, -0.1) is 4.67 Å². The third-order valence-electron chi connectivity index (χ3n) is 1.32. The predicted octanol–water partition coefficient (Wildman–Crippen LogP) is 4.31. The van der Waals surface area contributed by atoms with E-state index in [1.807, 2.05) is 28.2 Å². The van der Waals surface area contributed by atoms with E-state index in [-0.39, 0.29) is 6.80 Å². The van der Waals surface area contributed by atoms with Crippen molar-refractivity contribution in [2.45, 2.75) is 0 Å². The standard InChI is InChI=1S/C6H17FN3P.F6P/c1-8(2)11(9(3)4)10(5)6-7;1-7(2,3,4,5)6/h6H2,1-5H3;/q;-1/p+1. The minimum atomic E-state index is -10.7. The molecule has 3 nitrogen and oxygen atoms in total. The van der Waals surface area contributed by atoms with Crippen LogP contribution < -0.4 is 0 Å². The molecular formula is C6H18F7N3P2. The predicted molar refractivity (Wildman–Crippen MR) is 63.0 cm³/mol. The summed E-state index contributed by atoms with van der Waals surface area (Å²) in [6, 6.07) is 0. The molecule has 0 rings (SSSR count). The van der Waals surface area contributed by atoms with Crippen molar-refractivity contribution in [1.29, 1.82) is 0 Å². The fourth-order valence-corrected chi connectivity index (χ4v) is 3.41. The van der Waals surface area contributed by atoms with E-state index >= 15 is 0 Å². The van der Waals surface area contributed by atoms with E-state index < -0.39 is 16.2 Å². The van der Waals surface area contributed by atoms with Gasteiger partial charge in [-0.25, -0.2) is 4.39 Å². The zero-order chi connectivity index (χ0) is 15.4. The normalized spacial score (nSPS) is 16.7. The van der Waals surface area contributed by atoms with Crippen molar-refractivity contribution in [1.82, 2.24) is 14.0 Å². The van der Waals surface area contributed by atoms with Gasteiger partial charge >= 0.3 is 33.0 Å². The number of hydrogen-bond donors (Lipinski definition) is 0. The van der Waals surface area contributed by atoms with Gasteiger partial charge in [-0.05, 0) is 0 Å². The van der Waals surface area contributed by atoms with Crippen molar-refractivity contribution in [2.24, 2.45) is 0 Å². The summed E-state index contributed by atoms with van der Waals surface area (Å²) in [7, 11) is -1.95. The number of rotatable bonds is 4. The van der Waals surface area contributed by atoms with Crippen molar-refractivity contribution in [2.75, 3.05) is 42.0 Å². The first-order valence-electron chi connectivity index (χ1n) is 4.50. The average Bonchev–Trinajstić information content (AvgIpc) is 1.96. The summed E-state index contributed by atoms with van der Waals surface area (Å²) in [6.45, 7) is -0.384. The molecule has 0 aromatic carbocycles. The summed E-state index contributed by atoms with van der Waals surface area (Å²) in [4.78, 5) is 0. The molecule has 0 aliphatic rings. The van der Waals surface area contributed by atoms with Gasteiger partial charge < -0.3 is 0 Å². The molecular weight excluding hydrogens is 309 g/mol. The first-order valence-corrected chi connectivity index (χ1v) is 7.87. The molecule has 0 amide bonds. The van der Waals surface area contributed by atoms with Crippen LogP contribution >= 0.6 is 16.2 Å². The molecule has 0 N–H and O–H groups in total. The monoisotopic (exact) mass is 327 g/mol. The molecule has 0 fully saturated rings. The second-order valence-electron chi connectivity index (χ2n) is 3.86. The summed E-state index contributed by atoms with van der Waals surface area (Å²) in [6.07, 6.45) is 0. The number of alkyl halides is 1. The Morgan fingerprint density at radius 3 is 1.06 bits per heavy atom. The summed E-state index contributed by atoms with van der Waals surface area (Å²) in [5.41, 5.74) is 0. The molecule has 0 spiro atoms. The molecule has 0 unspecified atom stereocenters. The van der Waals surface area contributed by atoms with E-state index in [1.165, 1.54) is 0 Å². The molecule has 0 heterocycles. The van der Waals surface area contributed by atoms with Crippen molar-refractivity contribution < 1.29 is 29.6 Å². The van der Waals surface area contributed by atoms with Crippen LogP contribution in [0.25, 0.3) is 0 Å². The molecule has 0 atom stereocenters. The second-order valence-corrected chi connectivity index (χ2v) is 8.93. The first kappa shape index (κ1) is 20.6. The van der Waals surface area contributed by atoms with Gasteiger partial charge in [0.15, 0.2) is 6.80 Å². The van der Waals surface area contributed by atoms with Crippen LogP contribution in [0.5, 0.6) is 0 Å². The van der Waals surface area contributed by atoms with E-state index in [0.29, 0.717) is 0 Å². The van der Waals surface area contributed by atoms with Crippen LogP contribution in [0.3, 0.4) is 0 Å². The molecule has 0 aromatic rings. The molecule has 12 heteroatoms. The first-order chi connectivity index (χ1) is 7.45. The summed E-state index contributed by atoms with van der Waals surface area (Å²) in [5, 5.41) is 0. The van der Waals surface area contributed by atoms with Crippen molar-refractivity contribution >= 4 is 16.2 Å². The molecule has 0 aromatic heterocycles. The van der Waals surface area contributed by atoms with Crippen molar-refractivity contribution in [3.8, 4) is 0 Å². The van der Waals surface area contributed by atoms with Gasteiger partial charge in [0, 0.05) is 35.2 Å². The SMILES string of the molecule is CN(C)[PH+](N(C)C)N(C)CF.F[P-](F)(F)(F)(F)F. The molecule has 0 aliphatic heterocycles. The van der Waals surface area contributed by atoms with Crippen LogP contribution in [0.4, 0.5) is 29.6 Å². The number of halogens is 7. The van der Waals surface area contributed by atoms with Gasteiger partial charge in [-0.3, -0.25) is 0 Å². The molecule has 116 valence electrons. The maximum absolute atomic E-state index is 12.3. The van der Waals surface area contributed by atoms with Crippen LogP contribution in [0.2, 0.25) is 0 Å². The topological polar surface area (TPSA) is 9.72 Å². The second kappa shape index (κ2) is 5.71. The summed E-state index contributed by atoms with van der Waals surface area (Å²) < 4.78 is 77.3. The Bertz CT molecular complexity index is 232. The Labute approximate surface area is 103 Å². The van der Waals surface area contributed by atoms with Crippen LogP contribution in [-0.2, 0) is 0 Å². The quantitative estimate of drug-likeness (QED) is 0.433. The summed E-state index contributed by atoms with van der Waals surface area (Å²) >= 11 is 0. The maximum atomic E-state index is 12.3. The van der Waals surface area contributed by atoms with Gasteiger partial charge in [0.05, 0.1) is 0 Å². The van der Waals surface area contributed by atoms with E-state index in [9.17, 15) is 29.6 Å². The average molecular weight is 327 g/mol. The Kier molecular flexibility index (Phi) is 6.52. The Morgan fingerprint density at radius 1 is 0.778 bits per heavy atom. The Morgan fingerprint density at radius 2 is 1.00 bits per heavy atom. The van der Waals surface area contributed by atoms with E-state index in [1.54, 1.807) is 11.7 Å². The Hall–Kier alpha value is 0.250. The van der Waals surface area contributed by atoms with E-state index in [0.717, 1.165) is 0 Å². The third-order valence-corrected chi connectivity index (χ3v) is 3.72. The van der Waals surface area contributed by atoms with Crippen molar-refractivity contribution in [3.63, 3.8) is 0 Å². The van der Waals surface area contributed by atoms with E-state index in [2.05, 4.69) is 9.34 Å². The van der Waals surface area contributed by atoms with E-state index in [4.69, 9.17) is 0 Å². The zero-order valence-corrected chi connectivity index (χ0v) is 12.5. The molecule has 18 heavy (non-hydrogen) atoms. The van der Waals surface area contributed by atoms with Crippen molar-refractivity contribution in [3.05, 3.63) is 0 Å². The summed E-state index contributed by atoms with van der Waals surface area (Å²) in [5.74, 6) is 0. The van der Waals surface area contributed by atoms with Crippen LogP contribution in [-0.4, -0.2) is 56.0 Å². The number of nitrogens with zero attached hydrogens (tertiary/aromatic N) is 3. The van der Waals surface area contributed by atoms with Gasteiger partial charge in [-0.2, -0.15) is 9.34 Å². The molecule has 0 aliphatic carbocycles. The van der Waals surface area contributed by atoms with Crippen LogP contribution in [0.1, 0.15) is 0 Å². The fraction of sp³-hybridized carbons (Fsp3) is 1.00. The number of hydrogen-bond acceptors (Lipinski definition) is 3. The van der Waals surface area contributed by atoms with Gasteiger partial charge in [-0.1, -0.05) is 0 Å². The molecule has 0 saturated heterocycles.